The van der Waals surface area contributed by atoms with Gasteiger partial charge >= 0.3 is 10.4 Å². The maximum atomic E-state index is 8.74. The monoisotopic (exact) mass is 452 g/mol. The Morgan fingerprint density at radius 3 is 1.23 bits per heavy atom. The summed E-state index contributed by atoms with van der Waals surface area (Å²) in [5, 5.41) is 0. The second kappa shape index (κ2) is 14.8. The molecule has 172 valence electrons. The van der Waals surface area contributed by atoms with Crippen molar-refractivity contribution in [3.05, 3.63) is 71.8 Å². The highest BCUT2D eigenvalue weighted by molar-refractivity contribution is 7.79. The number of guanidine groups is 2. The van der Waals surface area contributed by atoms with Gasteiger partial charge in [0.25, 0.3) is 0 Å². The van der Waals surface area contributed by atoms with Crippen molar-refractivity contribution in [1.82, 2.24) is 0 Å². The molecule has 0 fully saturated rings. The molecule has 11 heteroatoms. The van der Waals surface area contributed by atoms with Crippen molar-refractivity contribution in [2.24, 2.45) is 32.9 Å². The number of nitrogens with zero attached hydrogens (tertiary/aromatic N) is 2. The predicted octanol–water partition coefficient (Wildman–Crippen LogP) is 1.47. The number of rotatable bonds is 6. The van der Waals surface area contributed by atoms with Gasteiger partial charge in [0.05, 0.1) is 0 Å². The first-order valence-corrected chi connectivity index (χ1v) is 10.7. The summed E-state index contributed by atoms with van der Waals surface area (Å²) in [6.45, 7) is 5.49. The maximum absolute atomic E-state index is 8.74. The van der Waals surface area contributed by atoms with Crippen LogP contribution in [-0.4, -0.2) is 42.5 Å². The molecule has 2 unspecified atom stereocenters. The van der Waals surface area contributed by atoms with Crippen molar-refractivity contribution >= 4 is 22.3 Å². The van der Waals surface area contributed by atoms with Gasteiger partial charge in [-0.25, -0.2) is 0 Å². The predicted molar refractivity (Wildman–Crippen MR) is 125 cm³/mol. The second-order valence-electron chi connectivity index (χ2n) is 6.60. The van der Waals surface area contributed by atoms with E-state index >= 15 is 0 Å². The van der Waals surface area contributed by atoms with E-state index in [4.69, 9.17) is 40.5 Å². The number of hydrogen-bond donors (Lipinski definition) is 6. The molecule has 2 aromatic carbocycles. The van der Waals surface area contributed by atoms with E-state index in [0.29, 0.717) is 24.9 Å². The van der Waals surface area contributed by atoms with Gasteiger partial charge in [-0.2, -0.15) is 8.42 Å². The fourth-order valence-corrected chi connectivity index (χ4v) is 2.26. The fourth-order valence-electron chi connectivity index (χ4n) is 2.26. The molecule has 10 nitrogen and oxygen atoms in total. The van der Waals surface area contributed by atoms with E-state index in [2.05, 4.69) is 48.1 Å². The molecule has 31 heavy (non-hydrogen) atoms. The molecule has 0 bridgehead atoms. The number of aliphatic imine (C=N–C) groups is 2. The molecule has 0 heterocycles. The Bertz CT molecular complexity index is 828. The van der Waals surface area contributed by atoms with Gasteiger partial charge in [0.15, 0.2) is 11.9 Å². The molecule has 0 spiro atoms. The van der Waals surface area contributed by atoms with Gasteiger partial charge in [-0.05, 0) is 11.1 Å². The third-order valence-electron chi connectivity index (χ3n) is 3.83. The minimum atomic E-state index is -4.67. The summed E-state index contributed by atoms with van der Waals surface area (Å²) in [7, 11) is -4.67. The Balaban J connectivity index is 0.000000479. The molecule has 2 rings (SSSR count). The molecule has 10 N–H and O–H groups in total. The molecular weight excluding hydrogens is 420 g/mol. The minimum absolute atomic E-state index is 0.155. The molecule has 0 aliphatic carbocycles. The first-order valence-electron chi connectivity index (χ1n) is 9.30. The van der Waals surface area contributed by atoms with Crippen LogP contribution < -0.4 is 22.9 Å². The zero-order chi connectivity index (χ0) is 23.9. The van der Waals surface area contributed by atoms with Gasteiger partial charge < -0.3 is 22.9 Å². The lowest BCUT2D eigenvalue weighted by atomic mass is 10.0. The molecular formula is C20H32N6O4S. The minimum Gasteiger partial charge on any atom is -0.370 e. The van der Waals surface area contributed by atoms with Gasteiger partial charge in [-0.3, -0.25) is 19.1 Å². The van der Waals surface area contributed by atoms with Crippen LogP contribution in [0.2, 0.25) is 0 Å². The number of nitrogens with two attached hydrogens (primary N) is 4. The van der Waals surface area contributed by atoms with Crippen LogP contribution in [0.4, 0.5) is 0 Å². The van der Waals surface area contributed by atoms with Crippen LogP contribution in [0.3, 0.4) is 0 Å². The lowest BCUT2D eigenvalue weighted by Gasteiger charge is -2.07. The van der Waals surface area contributed by atoms with Gasteiger partial charge in [0.2, 0.25) is 0 Å². The van der Waals surface area contributed by atoms with Gasteiger partial charge in [0, 0.05) is 24.9 Å². The SMILES string of the molecule is CC(CN=C(N)N)c1ccccc1.CC(CN=C(N)N)c1ccccc1.O=S(=O)(O)O. The Kier molecular flexibility index (Phi) is 13.3. The third kappa shape index (κ3) is 17.4. The van der Waals surface area contributed by atoms with E-state index in [0.717, 1.165) is 0 Å². The topological polar surface area (TPSA) is 203 Å². The Morgan fingerprint density at radius 2 is 1.00 bits per heavy atom. The van der Waals surface area contributed by atoms with Crippen LogP contribution >= 0.6 is 0 Å². The molecule has 2 atom stereocenters. The molecule has 0 aliphatic heterocycles. The van der Waals surface area contributed by atoms with Crippen molar-refractivity contribution in [1.29, 1.82) is 0 Å². The highest BCUT2D eigenvalue weighted by Gasteiger charge is 2.03. The highest BCUT2D eigenvalue weighted by atomic mass is 32.3. The fraction of sp³-hybridized carbons (Fsp3) is 0.300. The lowest BCUT2D eigenvalue weighted by molar-refractivity contribution is 0.381. The lowest BCUT2D eigenvalue weighted by Crippen LogP contribution is -2.23. The van der Waals surface area contributed by atoms with Crippen LogP contribution in [-0.2, 0) is 10.4 Å². The van der Waals surface area contributed by atoms with Crippen molar-refractivity contribution in [3.8, 4) is 0 Å². The van der Waals surface area contributed by atoms with Crippen molar-refractivity contribution in [2.75, 3.05) is 13.1 Å². The van der Waals surface area contributed by atoms with E-state index < -0.39 is 10.4 Å². The van der Waals surface area contributed by atoms with E-state index in [-0.39, 0.29) is 11.9 Å². The van der Waals surface area contributed by atoms with Gasteiger partial charge in [0.1, 0.15) is 0 Å². The van der Waals surface area contributed by atoms with Crippen molar-refractivity contribution in [3.63, 3.8) is 0 Å². The Morgan fingerprint density at radius 1 is 0.742 bits per heavy atom. The van der Waals surface area contributed by atoms with Crippen LogP contribution in [0, 0.1) is 0 Å². The second-order valence-corrected chi connectivity index (χ2v) is 7.50. The Labute approximate surface area is 183 Å². The summed E-state index contributed by atoms with van der Waals surface area (Å²) < 4.78 is 31.6. The normalized spacial score (nSPS) is 12.0. The maximum Gasteiger partial charge on any atom is 0.394 e. The number of hydrogen-bond acceptors (Lipinski definition) is 4. The summed E-state index contributed by atoms with van der Waals surface area (Å²) in [5.74, 6) is 1.04. The smallest absolute Gasteiger partial charge is 0.370 e. The molecule has 0 aliphatic rings. The summed E-state index contributed by atoms with van der Waals surface area (Å²) in [5.41, 5.74) is 23.5. The van der Waals surface area contributed by atoms with E-state index in [1.165, 1.54) is 11.1 Å². The molecule has 0 radical (unpaired) electrons. The number of benzene rings is 2. The van der Waals surface area contributed by atoms with Crippen LogP contribution in [0.5, 0.6) is 0 Å². The molecule has 2 aromatic rings. The van der Waals surface area contributed by atoms with E-state index in [1.807, 2.05) is 36.4 Å². The van der Waals surface area contributed by atoms with Crippen LogP contribution in [0.25, 0.3) is 0 Å². The summed E-state index contributed by atoms with van der Waals surface area (Å²) >= 11 is 0. The van der Waals surface area contributed by atoms with Crippen LogP contribution in [0.1, 0.15) is 36.8 Å². The summed E-state index contributed by atoms with van der Waals surface area (Å²) in [4.78, 5) is 7.95. The molecule has 0 aromatic heterocycles. The highest BCUT2D eigenvalue weighted by Crippen LogP contribution is 2.14. The third-order valence-corrected chi connectivity index (χ3v) is 3.83. The van der Waals surface area contributed by atoms with E-state index in [1.54, 1.807) is 0 Å². The average Bonchev–Trinajstić information content (AvgIpc) is 2.70. The standard InChI is InChI=1S/2C10H15N3.H2O4S/c2*1-8(7-13-10(11)12)9-5-3-2-4-6-9;1-5(2,3)4/h2*2-6,8H,7H2,1H3,(H4,11,12,13);(H2,1,2,3,4). The van der Waals surface area contributed by atoms with Gasteiger partial charge in [-0.15, -0.1) is 0 Å². The zero-order valence-electron chi connectivity index (χ0n) is 17.7. The summed E-state index contributed by atoms with van der Waals surface area (Å²) in [6, 6.07) is 20.4. The average molecular weight is 453 g/mol. The molecule has 0 saturated carbocycles. The molecule has 0 saturated heterocycles. The van der Waals surface area contributed by atoms with Gasteiger partial charge in [-0.1, -0.05) is 74.5 Å². The Hall–Kier alpha value is -3.15. The molecule has 0 amide bonds. The first-order chi connectivity index (χ1) is 14.4. The quantitative estimate of drug-likeness (QED) is 0.214. The van der Waals surface area contributed by atoms with Crippen molar-refractivity contribution in [2.45, 2.75) is 25.7 Å². The zero-order valence-corrected chi connectivity index (χ0v) is 18.5. The van der Waals surface area contributed by atoms with Crippen LogP contribution in [0.15, 0.2) is 70.6 Å². The first kappa shape index (κ1) is 27.8. The van der Waals surface area contributed by atoms with Crippen molar-refractivity contribution < 1.29 is 17.5 Å². The summed E-state index contributed by atoms with van der Waals surface area (Å²) in [6.07, 6.45) is 0. The largest absolute Gasteiger partial charge is 0.394 e. The van der Waals surface area contributed by atoms with E-state index in [9.17, 15) is 0 Å².